The van der Waals surface area contributed by atoms with Crippen molar-refractivity contribution in [3.63, 3.8) is 0 Å². The molecule has 1 saturated carbocycles. The van der Waals surface area contributed by atoms with Crippen LogP contribution in [-0.2, 0) is 4.79 Å². The number of nitrogens with one attached hydrogen (secondary N) is 1. The molecule has 2 aliphatic rings. The smallest absolute Gasteiger partial charge is 0.228 e. The Balaban J connectivity index is 1.64. The van der Waals surface area contributed by atoms with Gasteiger partial charge in [-0.3, -0.25) is 4.79 Å². The van der Waals surface area contributed by atoms with Crippen molar-refractivity contribution in [1.82, 2.24) is 0 Å². The molecular formula is C22H29NO. The second-order valence-corrected chi connectivity index (χ2v) is 7.34. The van der Waals surface area contributed by atoms with E-state index in [1.165, 1.54) is 5.56 Å². The van der Waals surface area contributed by atoms with E-state index in [0.29, 0.717) is 11.8 Å². The van der Waals surface area contributed by atoms with Crippen LogP contribution in [0.2, 0.25) is 0 Å². The van der Waals surface area contributed by atoms with Gasteiger partial charge in [0.15, 0.2) is 0 Å². The maximum Gasteiger partial charge on any atom is 0.228 e. The van der Waals surface area contributed by atoms with Crippen molar-refractivity contribution in [2.75, 3.05) is 5.32 Å². The quantitative estimate of drug-likeness (QED) is 0.708. The van der Waals surface area contributed by atoms with Gasteiger partial charge >= 0.3 is 0 Å². The summed E-state index contributed by atoms with van der Waals surface area (Å²) in [5, 5.41) is 3.18. The fraction of sp³-hybridized carbons (Fsp3) is 0.500. The maximum absolute atomic E-state index is 12.8. The second kappa shape index (κ2) is 7.83. The van der Waals surface area contributed by atoms with Gasteiger partial charge in [-0.25, -0.2) is 0 Å². The van der Waals surface area contributed by atoms with Gasteiger partial charge < -0.3 is 5.32 Å². The van der Waals surface area contributed by atoms with Crippen LogP contribution < -0.4 is 5.32 Å². The maximum atomic E-state index is 12.8. The lowest BCUT2D eigenvalue weighted by atomic mass is 10.1. The molecule has 0 spiro atoms. The van der Waals surface area contributed by atoms with Gasteiger partial charge in [-0.1, -0.05) is 42.0 Å². The van der Waals surface area contributed by atoms with E-state index < -0.39 is 0 Å². The van der Waals surface area contributed by atoms with Gasteiger partial charge in [0.05, 0.1) is 0 Å². The van der Waals surface area contributed by atoms with Crippen LogP contribution in [0.1, 0.15) is 49.7 Å². The summed E-state index contributed by atoms with van der Waals surface area (Å²) < 4.78 is 0. The number of carbonyl (C=O) groups excluding carboxylic acids is 1. The zero-order chi connectivity index (χ0) is 16.9. The third-order valence-corrected chi connectivity index (χ3v) is 5.44. The topological polar surface area (TPSA) is 29.1 Å². The van der Waals surface area contributed by atoms with Crippen LogP contribution in [0.5, 0.6) is 0 Å². The Morgan fingerprint density at radius 2 is 1.50 bits per heavy atom. The minimum atomic E-state index is 0.202. The molecular weight excluding hydrogens is 294 g/mol. The summed E-state index contributed by atoms with van der Waals surface area (Å²) in [6.07, 6.45) is 16.0. The first kappa shape index (κ1) is 17.0. The first-order chi connectivity index (χ1) is 11.7. The molecule has 0 aliphatic heterocycles. The number of benzene rings is 1. The van der Waals surface area contributed by atoms with Gasteiger partial charge in [0, 0.05) is 11.6 Å². The van der Waals surface area contributed by atoms with Gasteiger partial charge in [-0.15, -0.1) is 0 Å². The van der Waals surface area contributed by atoms with Crippen molar-refractivity contribution in [2.24, 2.45) is 17.8 Å². The van der Waals surface area contributed by atoms with Crippen LogP contribution in [0.15, 0.2) is 42.5 Å². The van der Waals surface area contributed by atoms with Crippen molar-refractivity contribution in [3.8, 4) is 0 Å². The number of hydrogen-bond acceptors (Lipinski definition) is 1. The summed E-state index contributed by atoms with van der Waals surface area (Å²) in [7, 11) is 0. The molecule has 1 aromatic rings. The number of rotatable bonds is 2. The highest BCUT2D eigenvalue weighted by molar-refractivity contribution is 5.95. The lowest BCUT2D eigenvalue weighted by Gasteiger charge is -2.09. The SMILES string of the molecule is Cc1ccc(NC(=O)C2C3CC/C=C\CC/C=C/CCC32)c(C)c1. The molecule has 2 nitrogen and oxygen atoms in total. The minimum Gasteiger partial charge on any atom is -0.326 e. The summed E-state index contributed by atoms with van der Waals surface area (Å²) in [6, 6.07) is 6.22. The zero-order valence-electron chi connectivity index (χ0n) is 14.9. The van der Waals surface area contributed by atoms with E-state index in [1.807, 2.05) is 6.07 Å². The van der Waals surface area contributed by atoms with E-state index in [2.05, 4.69) is 55.6 Å². The number of allylic oxidation sites excluding steroid dienone is 4. The number of carbonyl (C=O) groups is 1. The highest BCUT2D eigenvalue weighted by atomic mass is 16.2. The van der Waals surface area contributed by atoms with Crippen molar-refractivity contribution in [2.45, 2.75) is 52.4 Å². The average Bonchev–Trinajstić information content (AvgIpc) is 3.22. The highest BCUT2D eigenvalue weighted by Crippen LogP contribution is 2.52. The Hall–Kier alpha value is -1.83. The van der Waals surface area contributed by atoms with Crippen molar-refractivity contribution in [3.05, 3.63) is 53.6 Å². The average molecular weight is 323 g/mol. The third-order valence-electron chi connectivity index (χ3n) is 5.44. The zero-order valence-corrected chi connectivity index (χ0v) is 14.9. The first-order valence-corrected chi connectivity index (χ1v) is 9.35. The summed E-state index contributed by atoms with van der Waals surface area (Å²) in [5.74, 6) is 1.55. The molecule has 2 aliphatic carbocycles. The van der Waals surface area contributed by atoms with Crippen LogP contribution in [0.4, 0.5) is 5.69 Å². The van der Waals surface area contributed by atoms with Crippen LogP contribution in [0.3, 0.4) is 0 Å². The van der Waals surface area contributed by atoms with Gasteiger partial charge in [0.25, 0.3) is 0 Å². The predicted molar refractivity (Wildman–Crippen MR) is 101 cm³/mol. The van der Waals surface area contributed by atoms with E-state index in [4.69, 9.17) is 0 Å². The molecule has 24 heavy (non-hydrogen) atoms. The fourth-order valence-corrected chi connectivity index (χ4v) is 4.03. The Morgan fingerprint density at radius 1 is 0.917 bits per heavy atom. The lowest BCUT2D eigenvalue weighted by molar-refractivity contribution is -0.117. The molecule has 1 N–H and O–H groups in total. The monoisotopic (exact) mass is 323 g/mol. The Bertz CT molecular complexity index is 619. The Morgan fingerprint density at radius 3 is 2.08 bits per heavy atom. The minimum absolute atomic E-state index is 0.202. The number of amides is 1. The number of hydrogen-bond donors (Lipinski definition) is 1. The van der Waals surface area contributed by atoms with E-state index in [-0.39, 0.29) is 11.8 Å². The number of anilines is 1. The fourth-order valence-electron chi connectivity index (χ4n) is 4.03. The Kier molecular flexibility index (Phi) is 5.55. The molecule has 3 atom stereocenters. The molecule has 0 saturated heterocycles. The van der Waals surface area contributed by atoms with Gasteiger partial charge in [0.1, 0.15) is 0 Å². The molecule has 3 unspecified atom stereocenters. The van der Waals surface area contributed by atoms with Crippen LogP contribution in [0, 0.1) is 31.6 Å². The molecule has 0 radical (unpaired) electrons. The number of fused-ring (bicyclic) bond motifs is 1. The van der Waals surface area contributed by atoms with E-state index in [0.717, 1.165) is 49.8 Å². The van der Waals surface area contributed by atoms with E-state index >= 15 is 0 Å². The molecule has 3 rings (SSSR count). The van der Waals surface area contributed by atoms with Crippen LogP contribution in [0.25, 0.3) is 0 Å². The van der Waals surface area contributed by atoms with E-state index in [9.17, 15) is 4.79 Å². The molecule has 0 aromatic heterocycles. The molecule has 0 bridgehead atoms. The van der Waals surface area contributed by atoms with Gasteiger partial charge in [0.2, 0.25) is 5.91 Å². The van der Waals surface area contributed by atoms with Gasteiger partial charge in [-0.05, 0) is 75.8 Å². The summed E-state index contributed by atoms with van der Waals surface area (Å²) in [4.78, 5) is 12.8. The summed E-state index contributed by atoms with van der Waals surface area (Å²) in [5.41, 5.74) is 3.35. The van der Waals surface area contributed by atoms with Crippen LogP contribution in [-0.4, -0.2) is 5.91 Å². The molecule has 2 heteroatoms. The molecule has 1 aromatic carbocycles. The highest BCUT2D eigenvalue weighted by Gasteiger charge is 2.52. The van der Waals surface area contributed by atoms with Crippen molar-refractivity contribution in [1.29, 1.82) is 0 Å². The van der Waals surface area contributed by atoms with Crippen LogP contribution >= 0.6 is 0 Å². The molecule has 0 heterocycles. The third kappa shape index (κ3) is 4.17. The molecule has 1 amide bonds. The normalized spacial score (nSPS) is 29.5. The first-order valence-electron chi connectivity index (χ1n) is 9.35. The van der Waals surface area contributed by atoms with Gasteiger partial charge in [-0.2, -0.15) is 0 Å². The standard InChI is InChI=1S/C22H29NO/c1-16-13-14-20(17(2)15-16)23-22(24)21-18-11-9-7-5-3-4-6-8-10-12-19(18)21/h5-8,13-15,18-19,21H,3-4,9-12H2,1-2H3,(H,23,24)/b7-5-,8-6+. The largest absolute Gasteiger partial charge is 0.326 e. The molecule has 1 fully saturated rings. The second-order valence-electron chi connectivity index (χ2n) is 7.34. The lowest BCUT2D eigenvalue weighted by Crippen LogP contribution is -2.16. The Labute approximate surface area is 146 Å². The summed E-state index contributed by atoms with van der Waals surface area (Å²) >= 11 is 0. The number of aryl methyl sites for hydroxylation is 2. The van der Waals surface area contributed by atoms with E-state index in [1.54, 1.807) is 0 Å². The predicted octanol–water partition coefficient (Wildman–Crippen LogP) is 5.57. The summed E-state index contributed by atoms with van der Waals surface area (Å²) in [6.45, 7) is 4.15. The van der Waals surface area contributed by atoms with Crippen molar-refractivity contribution < 1.29 is 4.79 Å². The molecule has 128 valence electrons. The van der Waals surface area contributed by atoms with Crippen molar-refractivity contribution >= 4 is 11.6 Å².